The molecule has 1 N–H and O–H groups in total. The highest BCUT2D eigenvalue weighted by molar-refractivity contribution is 5.98. The minimum Gasteiger partial charge on any atom is -0.493 e. The van der Waals surface area contributed by atoms with Gasteiger partial charge in [-0.05, 0) is 54.0 Å². The van der Waals surface area contributed by atoms with E-state index in [9.17, 15) is 14.0 Å². The van der Waals surface area contributed by atoms with Crippen LogP contribution in [0, 0.1) is 11.7 Å². The number of benzene rings is 2. The van der Waals surface area contributed by atoms with E-state index in [0.29, 0.717) is 29.5 Å². The van der Waals surface area contributed by atoms with E-state index in [-0.39, 0.29) is 30.5 Å². The van der Waals surface area contributed by atoms with Gasteiger partial charge in [-0.15, -0.1) is 10.2 Å². The highest BCUT2D eigenvalue weighted by Gasteiger charge is 2.21. The maximum absolute atomic E-state index is 13.9. The second kappa shape index (κ2) is 11.9. The highest BCUT2D eigenvalue weighted by Crippen LogP contribution is 2.30. The average molecular weight is 485 g/mol. The van der Waals surface area contributed by atoms with Crippen LogP contribution in [-0.2, 0) is 16.1 Å². The van der Waals surface area contributed by atoms with Crippen molar-refractivity contribution in [2.75, 3.05) is 32.2 Å². The topological polar surface area (TPSA) is 111 Å². The lowest BCUT2D eigenvalue weighted by atomic mass is 10.1. The molecule has 0 aliphatic rings. The molecule has 0 saturated heterocycles. The van der Waals surface area contributed by atoms with Gasteiger partial charge in [-0.1, -0.05) is 19.9 Å². The van der Waals surface area contributed by atoms with Gasteiger partial charge in [-0.25, -0.2) is 4.39 Å². The summed E-state index contributed by atoms with van der Waals surface area (Å²) >= 11 is 0. The van der Waals surface area contributed by atoms with E-state index in [1.165, 1.54) is 37.3 Å². The molecule has 0 fully saturated rings. The first-order valence-electron chi connectivity index (χ1n) is 11.1. The van der Waals surface area contributed by atoms with Gasteiger partial charge >= 0.3 is 0 Å². The Bertz CT molecular complexity index is 1170. The summed E-state index contributed by atoms with van der Waals surface area (Å²) < 4.78 is 24.4. The van der Waals surface area contributed by atoms with E-state index in [2.05, 4.69) is 34.6 Å². The molecule has 11 heteroatoms. The second-order valence-corrected chi connectivity index (χ2v) is 8.21. The van der Waals surface area contributed by atoms with Crippen molar-refractivity contribution in [1.29, 1.82) is 0 Å². The van der Waals surface area contributed by atoms with Crippen LogP contribution in [0.1, 0.15) is 20.3 Å². The molecule has 186 valence electrons. The third-order valence-corrected chi connectivity index (χ3v) is 5.14. The minimum atomic E-state index is -0.518. The largest absolute Gasteiger partial charge is 0.493 e. The number of hydrogen-bond donors (Lipinski definition) is 1. The van der Waals surface area contributed by atoms with Gasteiger partial charge in [0, 0.05) is 17.8 Å². The van der Waals surface area contributed by atoms with Crippen molar-refractivity contribution in [3.05, 3.63) is 48.3 Å². The van der Waals surface area contributed by atoms with E-state index < -0.39 is 11.7 Å². The molecular weight excluding hydrogens is 455 g/mol. The number of anilines is 1. The summed E-state index contributed by atoms with van der Waals surface area (Å²) in [5, 5.41) is 15.0. The SMILES string of the molecule is COc1ccc(-c2nnn(CC(=O)N(CC(=O)NCCC(C)C)c3cccc(F)c3)n2)cc1OC. The van der Waals surface area contributed by atoms with Gasteiger partial charge < -0.3 is 19.7 Å². The molecule has 2 aromatic carbocycles. The smallest absolute Gasteiger partial charge is 0.251 e. The number of rotatable bonds is 11. The summed E-state index contributed by atoms with van der Waals surface area (Å²) in [6.07, 6.45) is 0.807. The minimum absolute atomic E-state index is 0.259. The van der Waals surface area contributed by atoms with Gasteiger partial charge in [-0.2, -0.15) is 4.80 Å². The predicted octanol–water partition coefficient (Wildman–Crippen LogP) is 2.69. The zero-order valence-corrected chi connectivity index (χ0v) is 20.2. The molecule has 0 bridgehead atoms. The van der Waals surface area contributed by atoms with E-state index in [0.717, 1.165) is 11.2 Å². The third-order valence-electron chi connectivity index (χ3n) is 5.14. The lowest BCUT2D eigenvalue weighted by molar-refractivity contribution is -0.124. The Labute approximate surface area is 203 Å². The maximum atomic E-state index is 13.9. The molecule has 1 aromatic heterocycles. The van der Waals surface area contributed by atoms with E-state index in [1.54, 1.807) is 24.3 Å². The number of hydrogen-bond acceptors (Lipinski definition) is 7. The van der Waals surface area contributed by atoms with Crippen molar-refractivity contribution in [2.24, 2.45) is 5.92 Å². The van der Waals surface area contributed by atoms with Crippen LogP contribution >= 0.6 is 0 Å². The van der Waals surface area contributed by atoms with Crippen LogP contribution in [0.3, 0.4) is 0 Å². The quantitative estimate of drug-likeness (QED) is 0.445. The molecule has 1 heterocycles. The van der Waals surface area contributed by atoms with Crippen molar-refractivity contribution in [3.63, 3.8) is 0 Å². The lowest BCUT2D eigenvalue weighted by Crippen LogP contribution is -2.43. The number of carbonyl (C=O) groups is 2. The Balaban J connectivity index is 1.76. The standard InChI is InChI=1S/C24H29FN6O4/c1-16(2)10-11-26-22(32)14-30(19-7-5-6-18(25)13-19)23(33)15-31-28-24(27-29-31)17-8-9-20(34-3)21(12-17)35-4/h5-9,12-13,16H,10-11,14-15H2,1-4H3,(H,26,32). The first kappa shape index (κ1) is 25.6. The summed E-state index contributed by atoms with van der Waals surface area (Å²) in [7, 11) is 3.05. The molecule has 3 rings (SSSR count). The Kier molecular flexibility index (Phi) is 8.71. The molecule has 35 heavy (non-hydrogen) atoms. The highest BCUT2D eigenvalue weighted by atomic mass is 19.1. The summed E-state index contributed by atoms with van der Waals surface area (Å²) in [6.45, 7) is 4.03. The molecule has 3 aromatic rings. The van der Waals surface area contributed by atoms with Crippen LogP contribution in [-0.4, -0.2) is 59.3 Å². The molecule has 0 saturated carbocycles. The molecular formula is C24H29FN6O4. The number of halogens is 1. The fourth-order valence-corrected chi connectivity index (χ4v) is 3.27. The van der Waals surface area contributed by atoms with E-state index in [4.69, 9.17) is 9.47 Å². The fraction of sp³-hybridized carbons (Fsp3) is 0.375. The number of carbonyl (C=O) groups excluding carboxylic acids is 2. The maximum Gasteiger partial charge on any atom is 0.251 e. The summed E-state index contributed by atoms with van der Waals surface area (Å²) in [6, 6.07) is 10.7. The van der Waals surface area contributed by atoms with Crippen molar-refractivity contribution in [3.8, 4) is 22.9 Å². The number of ether oxygens (including phenoxy) is 2. The van der Waals surface area contributed by atoms with Gasteiger partial charge in [0.25, 0.3) is 5.91 Å². The van der Waals surface area contributed by atoms with E-state index in [1.807, 2.05) is 0 Å². The van der Waals surface area contributed by atoms with Crippen LogP contribution in [0.2, 0.25) is 0 Å². The zero-order valence-electron chi connectivity index (χ0n) is 20.2. The number of aromatic nitrogens is 4. The Hall–Kier alpha value is -4.02. The van der Waals surface area contributed by atoms with Gasteiger partial charge in [-0.3, -0.25) is 9.59 Å². The Morgan fingerprint density at radius 3 is 2.57 bits per heavy atom. The van der Waals surface area contributed by atoms with Crippen molar-refractivity contribution < 1.29 is 23.5 Å². The Morgan fingerprint density at radius 2 is 1.89 bits per heavy atom. The number of nitrogens with one attached hydrogen (secondary N) is 1. The molecule has 0 aliphatic carbocycles. The van der Waals surface area contributed by atoms with Crippen LogP contribution in [0.5, 0.6) is 11.5 Å². The molecule has 0 spiro atoms. The van der Waals surface area contributed by atoms with Crippen molar-refractivity contribution in [2.45, 2.75) is 26.8 Å². The first-order chi connectivity index (χ1) is 16.8. The predicted molar refractivity (Wildman–Crippen MR) is 128 cm³/mol. The molecule has 0 aliphatic heterocycles. The average Bonchev–Trinajstić information content (AvgIpc) is 3.30. The van der Waals surface area contributed by atoms with Crippen LogP contribution in [0.15, 0.2) is 42.5 Å². The monoisotopic (exact) mass is 484 g/mol. The van der Waals surface area contributed by atoms with Gasteiger partial charge in [0.1, 0.15) is 18.9 Å². The van der Waals surface area contributed by atoms with Gasteiger partial charge in [0.2, 0.25) is 11.7 Å². The molecule has 0 atom stereocenters. The molecule has 2 amide bonds. The summed E-state index contributed by atoms with van der Waals surface area (Å²) in [5.41, 5.74) is 0.877. The normalized spacial score (nSPS) is 10.8. The van der Waals surface area contributed by atoms with Crippen molar-refractivity contribution in [1.82, 2.24) is 25.5 Å². The number of nitrogens with zero attached hydrogens (tertiary/aromatic N) is 5. The third kappa shape index (κ3) is 6.98. The van der Waals surface area contributed by atoms with E-state index >= 15 is 0 Å². The summed E-state index contributed by atoms with van der Waals surface area (Å²) in [5.74, 6) is 0.397. The number of methoxy groups -OCH3 is 2. The van der Waals surface area contributed by atoms with Crippen molar-refractivity contribution >= 4 is 17.5 Å². The van der Waals surface area contributed by atoms with Gasteiger partial charge in [0.15, 0.2) is 11.5 Å². The molecule has 0 unspecified atom stereocenters. The molecule has 0 radical (unpaired) electrons. The number of tetrazole rings is 1. The van der Waals surface area contributed by atoms with Crippen LogP contribution < -0.4 is 19.7 Å². The first-order valence-corrected chi connectivity index (χ1v) is 11.1. The zero-order chi connectivity index (χ0) is 25.4. The van der Waals surface area contributed by atoms with Crippen LogP contribution in [0.25, 0.3) is 11.4 Å². The summed E-state index contributed by atoms with van der Waals surface area (Å²) in [4.78, 5) is 27.9. The van der Waals surface area contributed by atoms with Crippen LogP contribution in [0.4, 0.5) is 10.1 Å². The molecule has 10 nitrogen and oxygen atoms in total. The second-order valence-electron chi connectivity index (χ2n) is 8.21. The number of amides is 2. The fourth-order valence-electron chi connectivity index (χ4n) is 3.27. The lowest BCUT2D eigenvalue weighted by Gasteiger charge is -2.22. The van der Waals surface area contributed by atoms with Gasteiger partial charge in [0.05, 0.1) is 14.2 Å². The Morgan fingerprint density at radius 1 is 1.11 bits per heavy atom.